The molecule has 6 unspecified atom stereocenters. The Morgan fingerprint density at radius 2 is 1.59 bits per heavy atom. The number of aromatic amines is 1. The van der Waals surface area contributed by atoms with Crippen molar-refractivity contribution in [3.63, 3.8) is 0 Å². The highest BCUT2D eigenvalue weighted by molar-refractivity contribution is 6.12. The molecule has 6 aromatic rings. The number of fused-ring (bicyclic) bond motifs is 4. The van der Waals surface area contributed by atoms with Crippen molar-refractivity contribution in [3.8, 4) is 17.6 Å². The fraction of sp³-hybridized carbons (Fsp3) is 0.234. The zero-order valence-corrected chi connectivity index (χ0v) is 31.9. The average Bonchev–Trinajstić information content (AvgIpc) is 3.93. The smallest absolute Gasteiger partial charge is 0.324 e. The van der Waals surface area contributed by atoms with Gasteiger partial charge in [0.05, 0.1) is 48.8 Å². The second-order valence-electron chi connectivity index (χ2n) is 14.8. The topological polar surface area (TPSA) is 166 Å². The van der Waals surface area contributed by atoms with Crippen LogP contribution in [0.15, 0.2) is 127 Å². The third-order valence-electron chi connectivity index (χ3n) is 11.5. The van der Waals surface area contributed by atoms with Crippen LogP contribution in [-0.4, -0.2) is 68.7 Å². The van der Waals surface area contributed by atoms with Gasteiger partial charge in [-0.3, -0.25) is 19.3 Å². The second-order valence-corrected chi connectivity index (χ2v) is 14.8. The number of H-pyrrole nitrogens is 1. The Morgan fingerprint density at radius 1 is 0.864 bits per heavy atom. The first-order valence-corrected chi connectivity index (χ1v) is 19.6. The molecule has 5 aromatic carbocycles. The van der Waals surface area contributed by atoms with E-state index >= 15 is 14.4 Å². The van der Waals surface area contributed by atoms with Crippen molar-refractivity contribution in [3.05, 3.63) is 161 Å². The largest absolute Gasteiger partial charge is 0.491 e. The zero-order valence-electron chi connectivity index (χ0n) is 31.9. The fourth-order valence-corrected chi connectivity index (χ4v) is 9.23. The molecule has 2 fully saturated rings. The highest BCUT2D eigenvalue weighted by atomic mass is 16.6. The van der Waals surface area contributed by atoms with Gasteiger partial charge < -0.3 is 35.3 Å². The molecule has 4 heterocycles. The number of esters is 1. The predicted molar refractivity (Wildman–Crippen MR) is 219 cm³/mol. The molecule has 3 aliphatic heterocycles. The minimum Gasteiger partial charge on any atom is -0.491 e. The molecular formula is C47H41N5O7. The molecule has 1 aromatic heterocycles. The van der Waals surface area contributed by atoms with Crippen LogP contribution in [-0.2, 0) is 31.1 Å². The van der Waals surface area contributed by atoms with Gasteiger partial charge in [-0.25, -0.2) is 4.98 Å². The van der Waals surface area contributed by atoms with Gasteiger partial charge in [0.25, 0.3) is 0 Å². The summed E-state index contributed by atoms with van der Waals surface area (Å²) in [6.07, 6.45) is -0.601. The maximum atomic E-state index is 15.4. The summed E-state index contributed by atoms with van der Waals surface area (Å²) < 4.78 is 12.7. The normalized spacial score (nSPS) is 23.2. The molecule has 1 spiro atoms. The molecule has 6 atom stereocenters. The molecule has 2 saturated heterocycles. The summed E-state index contributed by atoms with van der Waals surface area (Å²) >= 11 is 0. The lowest BCUT2D eigenvalue weighted by Crippen LogP contribution is -2.54. The number of imidazole rings is 1. The first-order valence-electron chi connectivity index (χ1n) is 19.6. The van der Waals surface area contributed by atoms with Gasteiger partial charge in [0.2, 0.25) is 11.8 Å². The monoisotopic (exact) mass is 787 g/mol. The Labute approximate surface area is 340 Å². The predicted octanol–water partition coefficient (Wildman–Crippen LogP) is 5.26. The lowest BCUT2D eigenvalue weighted by molar-refractivity contribution is -0.178. The van der Waals surface area contributed by atoms with Crippen LogP contribution in [0.2, 0.25) is 0 Å². The molecule has 5 N–H and O–H groups in total. The molecule has 0 aliphatic carbocycles. The van der Waals surface area contributed by atoms with Crippen LogP contribution in [0.1, 0.15) is 58.3 Å². The number of hydrogen-bond donors (Lipinski definition) is 5. The van der Waals surface area contributed by atoms with Crippen LogP contribution in [0.3, 0.4) is 0 Å². The number of amides is 2. The summed E-state index contributed by atoms with van der Waals surface area (Å²) in [5.74, 6) is 3.91. The quantitative estimate of drug-likeness (QED) is 0.0921. The molecule has 9 rings (SSSR count). The minimum absolute atomic E-state index is 0.0152. The molecule has 3 aliphatic rings. The number of nitrogens with one attached hydrogen (secondary N) is 3. The number of anilines is 1. The van der Waals surface area contributed by atoms with E-state index in [0.29, 0.717) is 34.0 Å². The number of rotatable bonds is 10. The van der Waals surface area contributed by atoms with Crippen LogP contribution >= 0.6 is 0 Å². The number of carbonyl (C=O) groups is 3. The Hall–Kier alpha value is -6.78. The van der Waals surface area contributed by atoms with Crippen molar-refractivity contribution in [1.29, 1.82) is 0 Å². The molecule has 12 heteroatoms. The van der Waals surface area contributed by atoms with Gasteiger partial charge in [-0.1, -0.05) is 103 Å². The van der Waals surface area contributed by atoms with E-state index in [4.69, 9.17) is 9.47 Å². The van der Waals surface area contributed by atoms with E-state index in [2.05, 4.69) is 32.4 Å². The second kappa shape index (κ2) is 15.9. The van der Waals surface area contributed by atoms with Crippen LogP contribution in [0.25, 0.3) is 11.0 Å². The van der Waals surface area contributed by atoms with Gasteiger partial charge in [0.15, 0.2) is 0 Å². The van der Waals surface area contributed by atoms with E-state index in [-0.39, 0.29) is 32.8 Å². The van der Waals surface area contributed by atoms with Gasteiger partial charge in [0.1, 0.15) is 35.7 Å². The fourth-order valence-electron chi connectivity index (χ4n) is 9.23. The standard InChI is InChI=1S/C47H41N5O7/c53-24-12-11-13-29-22-23-34-33(27-29)47(46(57)51-34)39(44(55)48-28-38-49-35-19-8-9-20-36(35)50-38)41-45(56)59-42(31-16-5-2-6-17-31)40(30-14-3-1-4-15-30)52(41)43(47)32-18-7-10-21-37(32)58-26-25-54/h1-10,14-23,27,39-43,53-54H,12,24-26,28H2,(H,48,55)(H,49,50)(H,51,57). The first-order chi connectivity index (χ1) is 28.9. The number of nitrogens with zero attached hydrogens (tertiary/aromatic N) is 2. The number of ether oxygens (including phenoxy) is 2. The molecular weight excluding hydrogens is 747 g/mol. The Morgan fingerprint density at radius 3 is 2.36 bits per heavy atom. The Balaban J connectivity index is 1.31. The van der Waals surface area contributed by atoms with E-state index in [9.17, 15) is 10.2 Å². The molecule has 2 amide bonds. The lowest BCUT2D eigenvalue weighted by atomic mass is 9.65. The van der Waals surface area contributed by atoms with E-state index in [1.807, 2.05) is 102 Å². The molecule has 0 radical (unpaired) electrons. The number of aliphatic hydroxyl groups is 2. The molecule has 12 nitrogen and oxygen atoms in total. The Kier molecular flexibility index (Phi) is 10.2. The zero-order chi connectivity index (χ0) is 40.5. The van der Waals surface area contributed by atoms with Gasteiger partial charge in [-0.15, -0.1) is 0 Å². The summed E-state index contributed by atoms with van der Waals surface area (Å²) in [6, 6.07) is 36.2. The van der Waals surface area contributed by atoms with Gasteiger partial charge in [-0.2, -0.15) is 0 Å². The van der Waals surface area contributed by atoms with Crippen LogP contribution in [0.5, 0.6) is 5.75 Å². The van der Waals surface area contributed by atoms with Gasteiger partial charge in [-0.05, 0) is 53.1 Å². The highest BCUT2D eigenvalue weighted by Crippen LogP contribution is 2.65. The highest BCUT2D eigenvalue weighted by Gasteiger charge is 2.74. The maximum absolute atomic E-state index is 15.4. The first kappa shape index (κ1) is 37.8. The number of hydrogen-bond acceptors (Lipinski definition) is 9. The van der Waals surface area contributed by atoms with Crippen molar-refractivity contribution in [2.75, 3.05) is 25.1 Å². The SMILES string of the molecule is O=C1OC(c2ccccc2)C(c2ccccc2)N2C1C(C(=O)NCc1nc3ccccc3[nH]1)C1(C(=O)Nc3ccc(C#CCCO)cc31)C2c1ccccc1OCCO. The number of aliphatic hydroxyl groups excluding tert-OH is 2. The molecule has 59 heavy (non-hydrogen) atoms. The minimum atomic E-state index is -1.77. The number of para-hydroxylation sites is 3. The molecule has 296 valence electrons. The number of benzene rings is 5. The van der Waals surface area contributed by atoms with Crippen molar-refractivity contribution in [2.24, 2.45) is 5.92 Å². The molecule has 0 saturated carbocycles. The van der Waals surface area contributed by atoms with Gasteiger partial charge >= 0.3 is 5.97 Å². The summed E-state index contributed by atoms with van der Waals surface area (Å²) in [7, 11) is 0. The summed E-state index contributed by atoms with van der Waals surface area (Å²) in [6.45, 7) is -0.438. The summed E-state index contributed by atoms with van der Waals surface area (Å²) in [4.78, 5) is 55.8. The van der Waals surface area contributed by atoms with Crippen molar-refractivity contribution in [2.45, 2.75) is 42.6 Å². The maximum Gasteiger partial charge on any atom is 0.324 e. The van der Waals surface area contributed by atoms with E-state index < -0.39 is 53.3 Å². The van der Waals surface area contributed by atoms with Crippen LogP contribution in [0.4, 0.5) is 5.69 Å². The van der Waals surface area contributed by atoms with Crippen LogP contribution < -0.4 is 15.4 Å². The van der Waals surface area contributed by atoms with Gasteiger partial charge in [0, 0.05) is 23.2 Å². The number of cyclic esters (lactones) is 1. The number of aromatic nitrogens is 2. The number of carbonyl (C=O) groups excluding carboxylic acids is 3. The molecule has 0 bridgehead atoms. The van der Waals surface area contributed by atoms with Crippen molar-refractivity contribution >= 4 is 34.5 Å². The van der Waals surface area contributed by atoms with E-state index in [1.165, 1.54) is 0 Å². The van der Waals surface area contributed by atoms with E-state index in [1.54, 1.807) is 30.3 Å². The number of morpholine rings is 1. The van der Waals surface area contributed by atoms with Crippen molar-refractivity contribution < 1.29 is 34.1 Å². The Bertz CT molecular complexity index is 2570. The van der Waals surface area contributed by atoms with E-state index in [0.717, 1.165) is 22.2 Å². The van der Waals surface area contributed by atoms with Crippen molar-refractivity contribution in [1.82, 2.24) is 20.2 Å². The summed E-state index contributed by atoms with van der Waals surface area (Å²) in [5.41, 5.74) is 3.35. The third-order valence-corrected chi connectivity index (χ3v) is 11.5. The third kappa shape index (κ3) is 6.50. The lowest BCUT2D eigenvalue weighted by Gasteiger charge is -2.46. The van der Waals surface area contributed by atoms with Crippen LogP contribution in [0, 0.1) is 17.8 Å². The average molecular weight is 788 g/mol. The summed E-state index contributed by atoms with van der Waals surface area (Å²) in [5, 5.41) is 25.6.